The summed E-state index contributed by atoms with van der Waals surface area (Å²) < 4.78 is 10.9. The number of hydrogen-bond acceptors (Lipinski definition) is 5. The molecule has 0 N–H and O–H groups in total. The Morgan fingerprint density at radius 1 is 1.32 bits per heavy atom. The van der Waals surface area contributed by atoms with E-state index in [9.17, 15) is 4.79 Å². The lowest BCUT2D eigenvalue weighted by molar-refractivity contribution is 0.0991. The van der Waals surface area contributed by atoms with Crippen molar-refractivity contribution in [1.29, 1.82) is 0 Å². The van der Waals surface area contributed by atoms with Crippen LogP contribution in [0.15, 0.2) is 23.6 Å². The predicted octanol–water partition coefficient (Wildman–Crippen LogP) is 2.65. The molecular weight excluding hydrogens is 262 g/mol. The van der Waals surface area contributed by atoms with Crippen LogP contribution in [-0.2, 0) is 6.42 Å². The van der Waals surface area contributed by atoms with Crippen molar-refractivity contribution < 1.29 is 14.3 Å². The van der Waals surface area contributed by atoms with Gasteiger partial charge in [-0.2, -0.15) is 0 Å². The van der Waals surface area contributed by atoms with Gasteiger partial charge in [0.05, 0.1) is 6.42 Å². The maximum Gasteiger partial charge on any atom is 0.169 e. The molecule has 1 aliphatic rings. The van der Waals surface area contributed by atoms with Gasteiger partial charge in [-0.3, -0.25) is 4.79 Å². The average Bonchev–Trinajstić information content (AvgIpc) is 2.83. The molecule has 0 atom stereocenters. The van der Waals surface area contributed by atoms with Crippen molar-refractivity contribution in [1.82, 2.24) is 4.98 Å². The molecule has 2 aromatic rings. The molecule has 0 fully saturated rings. The van der Waals surface area contributed by atoms with Gasteiger partial charge in [0.1, 0.15) is 18.2 Å². The Morgan fingerprint density at radius 3 is 2.84 bits per heavy atom. The smallest absolute Gasteiger partial charge is 0.169 e. The van der Waals surface area contributed by atoms with Gasteiger partial charge in [0.25, 0.3) is 0 Å². The van der Waals surface area contributed by atoms with E-state index in [1.165, 1.54) is 11.3 Å². The zero-order valence-corrected chi connectivity index (χ0v) is 11.3. The highest BCUT2D eigenvalue weighted by atomic mass is 32.1. The SMILES string of the molecule is Cc1csc(CC(=O)c2ccc3c(c2)OCCO3)n1. The van der Waals surface area contributed by atoms with E-state index in [2.05, 4.69) is 4.98 Å². The Labute approximate surface area is 115 Å². The summed E-state index contributed by atoms with van der Waals surface area (Å²) in [4.78, 5) is 16.5. The van der Waals surface area contributed by atoms with Crippen LogP contribution in [0.3, 0.4) is 0 Å². The highest BCUT2D eigenvalue weighted by Crippen LogP contribution is 2.31. The second-order valence-electron chi connectivity index (χ2n) is 4.34. The minimum Gasteiger partial charge on any atom is -0.486 e. The standard InChI is InChI=1S/C14H13NO3S/c1-9-8-19-14(15-9)7-11(16)10-2-3-12-13(6-10)18-5-4-17-12/h2-3,6,8H,4-5,7H2,1H3. The molecule has 4 nitrogen and oxygen atoms in total. The predicted molar refractivity (Wildman–Crippen MR) is 72.3 cm³/mol. The van der Waals surface area contributed by atoms with Gasteiger partial charge in [0.2, 0.25) is 0 Å². The number of aromatic nitrogens is 1. The summed E-state index contributed by atoms with van der Waals surface area (Å²) in [6, 6.07) is 5.31. The number of Topliss-reactive ketones (excluding diaryl/α,β-unsaturated/α-hetero) is 1. The van der Waals surface area contributed by atoms with Gasteiger partial charge in [-0.15, -0.1) is 11.3 Å². The van der Waals surface area contributed by atoms with Crippen molar-refractivity contribution in [2.75, 3.05) is 13.2 Å². The number of carbonyl (C=O) groups is 1. The Bertz CT molecular complexity index is 621. The van der Waals surface area contributed by atoms with Crippen molar-refractivity contribution in [3.05, 3.63) is 39.8 Å². The summed E-state index contributed by atoms with van der Waals surface area (Å²) in [5.74, 6) is 1.40. The van der Waals surface area contributed by atoms with Gasteiger partial charge in [-0.1, -0.05) is 0 Å². The molecule has 0 amide bonds. The highest BCUT2D eigenvalue weighted by molar-refractivity contribution is 7.09. The zero-order chi connectivity index (χ0) is 13.2. The van der Waals surface area contributed by atoms with Crippen LogP contribution in [-0.4, -0.2) is 24.0 Å². The quantitative estimate of drug-likeness (QED) is 0.808. The summed E-state index contributed by atoms with van der Waals surface area (Å²) in [5, 5.41) is 2.80. The van der Waals surface area contributed by atoms with Crippen molar-refractivity contribution in [2.45, 2.75) is 13.3 Å². The molecule has 98 valence electrons. The Balaban J connectivity index is 1.80. The Morgan fingerprint density at radius 2 is 2.11 bits per heavy atom. The van der Waals surface area contributed by atoms with Gasteiger partial charge in [-0.05, 0) is 25.1 Å². The fourth-order valence-corrected chi connectivity index (χ4v) is 2.71. The van der Waals surface area contributed by atoms with Crippen LogP contribution in [0.1, 0.15) is 21.1 Å². The van der Waals surface area contributed by atoms with Gasteiger partial charge in [0.15, 0.2) is 17.3 Å². The lowest BCUT2D eigenvalue weighted by Crippen LogP contribution is -2.16. The third-order valence-corrected chi connectivity index (χ3v) is 3.81. The molecule has 1 aromatic carbocycles. The highest BCUT2D eigenvalue weighted by Gasteiger charge is 2.16. The number of carbonyl (C=O) groups excluding carboxylic acids is 1. The summed E-state index contributed by atoms with van der Waals surface area (Å²) in [5.41, 5.74) is 1.59. The number of benzene rings is 1. The number of fused-ring (bicyclic) bond motifs is 1. The molecule has 5 heteroatoms. The van der Waals surface area contributed by atoms with E-state index in [1.54, 1.807) is 18.2 Å². The maximum atomic E-state index is 12.2. The number of hydrogen-bond donors (Lipinski definition) is 0. The molecule has 0 bridgehead atoms. The van der Waals surface area contributed by atoms with E-state index in [1.807, 2.05) is 12.3 Å². The lowest BCUT2D eigenvalue weighted by atomic mass is 10.1. The van der Waals surface area contributed by atoms with E-state index in [-0.39, 0.29) is 5.78 Å². The number of nitrogens with zero attached hydrogens (tertiary/aromatic N) is 1. The second-order valence-corrected chi connectivity index (χ2v) is 5.28. The van der Waals surface area contributed by atoms with Crippen LogP contribution in [0.4, 0.5) is 0 Å². The molecule has 0 saturated heterocycles. The van der Waals surface area contributed by atoms with Gasteiger partial charge < -0.3 is 9.47 Å². The number of rotatable bonds is 3. The van der Waals surface area contributed by atoms with Gasteiger partial charge in [-0.25, -0.2) is 4.98 Å². The third kappa shape index (κ3) is 2.61. The Hall–Kier alpha value is -1.88. The summed E-state index contributed by atoms with van der Waals surface area (Å²) in [6.45, 7) is 3.00. The molecule has 0 spiro atoms. The van der Waals surface area contributed by atoms with E-state index < -0.39 is 0 Å². The zero-order valence-electron chi connectivity index (χ0n) is 10.5. The van der Waals surface area contributed by atoms with Crippen LogP contribution in [0.25, 0.3) is 0 Å². The van der Waals surface area contributed by atoms with Crippen LogP contribution < -0.4 is 9.47 Å². The Kier molecular flexibility index (Phi) is 3.21. The molecule has 0 unspecified atom stereocenters. The summed E-state index contributed by atoms with van der Waals surface area (Å²) >= 11 is 1.51. The van der Waals surface area contributed by atoms with Crippen molar-refractivity contribution in [3.8, 4) is 11.5 Å². The van der Waals surface area contributed by atoms with Crippen molar-refractivity contribution in [3.63, 3.8) is 0 Å². The van der Waals surface area contributed by atoms with Crippen LogP contribution in [0.2, 0.25) is 0 Å². The molecule has 2 heterocycles. The number of thiazole rings is 1. The van der Waals surface area contributed by atoms with E-state index in [0.29, 0.717) is 36.7 Å². The third-order valence-electron chi connectivity index (χ3n) is 2.84. The summed E-state index contributed by atoms with van der Waals surface area (Å²) in [7, 11) is 0. The minimum absolute atomic E-state index is 0.0475. The molecule has 0 aliphatic carbocycles. The van der Waals surface area contributed by atoms with Gasteiger partial charge >= 0.3 is 0 Å². The average molecular weight is 275 g/mol. The van der Waals surface area contributed by atoms with E-state index in [4.69, 9.17) is 9.47 Å². The number of ether oxygens (including phenoxy) is 2. The van der Waals surface area contributed by atoms with Crippen LogP contribution in [0, 0.1) is 6.92 Å². The minimum atomic E-state index is 0.0475. The first kappa shape index (κ1) is 12.2. The normalized spacial score (nSPS) is 13.3. The van der Waals surface area contributed by atoms with E-state index in [0.717, 1.165) is 10.7 Å². The monoisotopic (exact) mass is 275 g/mol. The maximum absolute atomic E-state index is 12.2. The fraction of sp³-hybridized carbons (Fsp3) is 0.286. The number of ketones is 1. The molecule has 3 rings (SSSR count). The molecule has 1 aliphatic heterocycles. The van der Waals surface area contributed by atoms with Gasteiger partial charge in [0, 0.05) is 16.6 Å². The van der Waals surface area contributed by atoms with Crippen molar-refractivity contribution >= 4 is 17.1 Å². The van der Waals surface area contributed by atoms with Crippen molar-refractivity contribution in [2.24, 2.45) is 0 Å². The molecule has 0 saturated carbocycles. The molecule has 0 radical (unpaired) electrons. The first-order valence-electron chi connectivity index (χ1n) is 6.06. The fourth-order valence-electron chi connectivity index (χ4n) is 1.94. The topological polar surface area (TPSA) is 48.4 Å². The molecule has 19 heavy (non-hydrogen) atoms. The number of aryl methyl sites for hydroxylation is 1. The second kappa shape index (κ2) is 5.01. The molecular formula is C14H13NO3S. The first-order chi connectivity index (χ1) is 9.22. The van der Waals surface area contributed by atoms with Crippen LogP contribution >= 0.6 is 11.3 Å². The van der Waals surface area contributed by atoms with Crippen LogP contribution in [0.5, 0.6) is 11.5 Å². The first-order valence-corrected chi connectivity index (χ1v) is 6.94. The lowest BCUT2D eigenvalue weighted by Gasteiger charge is -2.18. The van der Waals surface area contributed by atoms with E-state index >= 15 is 0 Å². The summed E-state index contributed by atoms with van der Waals surface area (Å²) in [6.07, 6.45) is 0.331. The largest absolute Gasteiger partial charge is 0.486 e. The molecule has 1 aromatic heterocycles.